The van der Waals surface area contributed by atoms with E-state index in [4.69, 9.17) is 5.26 Å². The highest BCUT2D eigenvalue weighted by Crippen LogP contribution is 2.24. The second-order valence-corrected chi connectivity index (χ2v) is 4.45. The maximum absolute atomic E-state index is 8.90. The van der Waals surface area contributed by atoms with Crippen molar-refractivity contribution in [3.05, 3.63) is 28.5 Å². The van der Waals surface area contributed by atoms with Crippen LogP contribution in [0.2, 0.25) is 0 Å². The van der Waals surface area contributed by atoms with Gasteiger partial charge in [0.25, 0.3) is 0 Å². The average Bonchev–Trinajstić information content (AvgIpc) is 2.55. The summed E-state index contributed by atoms with van der Waals surface area (Å²) < 4.78 is 2.97. The fraction of sp³-hybridized carbons (Fsp3) is 0.273. The summed E-state index contributed by atoms with van der Waals surface area (Å²) in [5.74, 6) is -0.108. The molecule has 0 radical (unpaired) electrons. The molecule has 0 saturated carbocycles. The van der Waals surface area contributed by atoms with Gasteiger partial charge < -0.3 is 4.57 Å². The van der Waals surface area contributed by atoms with Gasteiger partial charge >= 0.3 is 0 Å². The Morgan fingerprint density at radius 2 is 2.27 bits per heavy atom. The molecule has 0 aromatic carbocycles. The molecule has 0 bridgehead atoms. The van der Waals surface area contributed by atoms with Crippen LogP contribution in [-0.2, 0) is 7.05 Å². The highest BCUT2D eigenvalue weighted by Gasteiger charge is 2.12. The number of hydrogen-bond donors (Lipinski definition) is 0. The molecule has 76 valence electrons. The first-order valence-electron chi connectivity index (χ1n) is 4.64. The van der Waals surface area contributed by atoms with Crippen LogP contribution in [0.25, 0.3) is 11.0 Å². The van der Waals surface area contributed by atoms with E-state index in [2.05, 4.69) is 27.0 Å². The molecule has 1 unspecified atom stereocenters. The fourth-order valence-corrected chi connectivity index (χ4v) is 2.00. The van der Waals surface area contributed by atoms with E-state index >= 15 is 0 Å². The summed E-state index contributed by atoms with van der Waals surface area (Å²) in [6, 6.07) is 6.22. The molecular formula is C11H10BrN3. The summed E-state index contributed by atoms with van der Waals surface area (Å²) in [5, 5.41) is 8.90. The molecule has 3 nitrogen and oxygen atoms in total. The van der Waals surface area contributed by atoms with Gasteiger partial charge in [-0.3, -0.25) is 4.98 Å². The van der Waals surface area contributed by atoms with Crippen LogP contribution in [0.3, 0.4) is 0 Å². The quantitative estimate of drug-likeness (QED) is 0.794. The topological polar surface area (TPSA) is 41.6 Å². The minimum absolute atomic E-state index is 0.108. The van der Waals surface area contributed by atoms with Gasteiger partial charge in [-0.1, -0.05) is 0 Å². The second kappa shape index (κ2) is 3.67. The predicted molar refractivity (Wildman–Crippen MR) is 62.4 cm³/mol. The lowest BCUT2D eigenvalue weighted by Crippen LogP contribution is -1.98. The van der Waals surface area contributed by atoms with Gasteiger partial charge in [0, 0.05) is 23.4 Å². The lowest BCUT2D eigenvalue weighted by atomic mass is 10.1. The molecule has 0 fully saturated rings. The molecule has 0 aliphatic heterocycles. The van der Waals surface area contributed by atoms with Crippen molar-refractivity contribution in [2.45, 2.75) is 12.8 Å². The summed E-state index contributed by atoms with van der Waals surface area (Å²) in [6.07, 6.45) is 1.77. The van der Waals surface area contributed by atoms with Crippen molar-refractivity contribution < 1.29 is 0 Å². The molecule has 0 saturated heterocycles. The van der Waals surface area contributed by atoms with Gasteiger partial charge in [-0.2, -0.15) is 5.26 Å². The van der Waals surface area contributed by atoms with E-state index in [-0.39, 0.29) is 5.92 Å². The van der Waals surface area contributed by atoms with E-state index in [1.165, 1.54) is 0 Å². The molecule has 0 aliphatic rings. The first kappa shape index (κ1) is 10.2. The minimum Gasteiger partial charge on any atom is -0.345 e. The SMILES string of the molecule is CC(C#N)c1cc2ncc(Br)cc2n1C. The first-order valence-corrected chi connectivity index (χ1v) is 5.43. The first-order chi connectivity index (χ1) is 7.13. The minimum atomic E-state index is -0.108. The van der Waals surface area contributed by atoms with Crippen LogP contribution in [0.4, 0.5) is 0 Å². The normalized spacial score (nSPS) is 12.7. The van der Waals surface area contributed by atoms with Crippen molar-refractivity contribution in [3.63, 3.8) is 0 Å². The van der Waals surface area contributed by atoms with Crippen molar-refractivity contribution in [3.8, 4) is 6.07 Å². The number of fused-ring (bicyclic) bond motifs is 1. The number of hydrogen-bond acceptors (Lipinski definition) is 2. The Balaban J connectivity index is 2.71. The highest BCUT2D eigenvalue weighted by atomic mass is 79.9. The monoisotopic (exact) mass is 263 g/mol. The van der Waals surface area contributed by atoms with Crippen LogP contribution >= 0.6 is 15.9 Å². The van der Waals surface area contributed by atoms with Gasteiger partial charge in [-0.05, 0) is 35.0 Å². The summed E-state index contributed by atoms with van der Waals surface area (Å²) in [5.41, 5.74) is 2.97. The third-order valence-electron chi connectivity index (χ3n) is 2.53. The number of pyridine rings is 1. The Morgan fingerprint density at radius 1 is 1.53 bits per heavy atom. The van der Waals surface area contributed by atoms with E-state index in [0.29, 0.717) is 0 Å². The molecule has 0 aliphatic carbocycles. The van der Waals surface area contributed by atoms with Gasteiger partial charge in [-0.25, -0.2) is 0 Å². The fourth-order valence-electron chi connectivity index (χ4n) is 1.68. The number of rotatable bonds is 1. The summed E-state index contributed by atoms with van der Waals surface area (Å²) in [7, 11) is 1.96. The highest BCUT2D eigenvalue weighted by molar-refractivity contribution is 9.10. The summed E-state index contributed by atoms with van der Waals surface area (Å²) in [4.78, 5) is 4.30. The van der Waals surface area contributed by atoms with Crippen LogP contribution in [0.5, 0.6) is 0 Å². The molecule has 15 heavy (non-hydrogen) atoms. The molecule has 2 aromatic heterocycles. The number of nitriles is 1. The molecule has 2 rings (SSSR count). The van der Waals surface area contributed by atoms with Gasteiger partial charge in [-0.15, -0.1) is 0 Å². The lowest BCUT2D eigenvalue weighted by molar-refractivity contribution is 0.814. The second-order valence-electron chi connectivity index (χ2n) is 3.54. The van der Waals surface area contributed by atoms with Crippen LogP contribution in [0, 0.1) is 11.3 Å². The predicted octanol–water partition coefficient (Wildman–Crippen LogP) is 2.96. The van der Waals surface area contributed by atoms with Crippen LogP contribution < -0.4 is 0 Å². The van der Waals surface area contributed by atoms with E-state index in [1.807, 2.05) is 30.7 Å². The number of aryl methyl sites for hydroxylation is 1. The average molecular weight is 264 g/mol. The van der Waals surface area contributed by atoms with Crippen LogP contribution in [-0.4, -0.2) is 9.55 Å². The van der Waals surface area contributed by atoms with Crippen molar-refractivity contribution in [2.24, 2.45) is 7.05 Å². The molecule has 4 heteroatoms. The molecule has 0 N–H and O–H groups in total. The Kier molecular flexibility index (Phi) is 2.49. The Hall–Kier alpha value is -1.34. The zero-order valence-corrected chi connectivity index (χ0v) is 10.1. The molecule has 2 aromatic rings. The van der Waals surface area contributed by atoms with Crippen molar-refractivity contribution in [1.29, 1.82) is 5.26 Å². The summed E-state index contributed by atoms with van der Waals surface area (Å²) in [6.45, 7) is 1.89. The van der Waals surface area contributed by atoms with E-state index in [9.17, 15) is 0 Å². The van der Waals surface area contributed by atoms with Gasteiger partial charge in [0.2, 0.25) is 0 Å². The van der Waals surface area contributed by atoms with Crippen LogP contribution in [0.15, 0.2) is 22.8 Å². The Morgan fingerprint density at radius 3 is 2.93 bits per heavy atom. The largest absolute Gasteiger partial charge is 0.345 e. The third-order valence-corrected chi connectivity index (χ3v) is 2.97. The van der Waals surface area contributed by atoms with Crippen LogP contribution in [0.1, 0.15) is 18.5 Å². The zero-order chi connectivity index (χ0) is 11.0. The Labute approximate surface area is 96.5 Å². The van der Waals surface area contributed by atoms with E-state index < -0.39 is 0 Å². The van der Waals surface area contributed by atoms with Gasteiger partial charge in [0.15, 0.2) is 0 Å². The Bertz CT molecular complexity index is 551. The lowest BCUT2D eigenvalue weighted by Gasteiger charge is -2.04. The van der Waals surface area contributed by atoms with E-state index in [0.717, 1.165) is 21.2 Å². The number of aromatic nitrogens is 2. The van der Waals surface area contributed by atoms with Crippen molar-refractivity contribution >= 4 is 27.0 Å². The third kappa shape index (κ3) is 1.64. The van der Waals surface area contributed by atoms with E-state index in [1.54, 1.807) is 6.20 Å². The van der Waals surface area contributed by atoms with Crippen molar-refractivity contribution in [2.75, 3.05) is 0 Å². The van der Waals surface area contributed by atoms with Gasteiger partial charge in [0.1, 0.15) is 0 Å². The smallest absolute Gasteiger partial charge is 0.0885 e. The number of nitrogens with zero attached hydrogens (tertiary/aromatic N) is 3. The summed E-state index contributed by atoms with van der Waals surface area (Å²) >= 11 is 3.39. The molecule has 0 spiro atoms. The van der Waals surface area contributed by atoms with Crippen molar-refractivity contribution in [1.82, 2.24) is 9.55 Å². The molecular weight excluding hydrogens is 254 g/mol. The zero-order valence-electron chi connectivity index (χ0n) is 8.53. The number of halogens is 1. The van der Waals surface area contributed by atoms with Gasteiger partial charge in [0.05, 0.1) is 23.0 Å². The standard InChI is InChI=1S/C11H10BrN3/c1-7(5-13)10-4-9-11(15(10)2)3-8(12)6-14-9/h3-4,6-7H,1-2H3. The molecule has 0 amide bonds. The molecule has 2 heterocycles. The maximum atomic E-state index is 8.90. The molecule has 1 atom stereocenters. The maximum Gasteiger partial charge on any atom is 0.0885 e.